The number of anilines is 3. The molecule has 9 aromatic rings. The van der Waals surface area contributed by atoms with Crippen molar-refractivity contribution in [2.24, 2.45) is 0 Å². The van der Waals surface area contributed by atoms with Crippen LogP contribution in [0.1, 0.15) is 93.4 Å². The van der Waals surface area contributed by atoms with E-state index in [4.69, 9.17) is 77.5 Å². The summed E-state index contributed by atoms with van der Waals surface area (Å²) in [5.74, 6) is 0.603. The van der Waals surface area contributed by atoms with Crippen LogP contribution in [0, 0.1) is 20.8 Å². The van der Waals surface area contributed by atoms with Gasteiger partial charge in [-0.1, -0.05) is 0 Å². The van der Waals surface area contributed by atoms with Gasteiger partial charge in [-0.15, -0.1) is 0 Å². The molecule has 15 rings (SSSR count). The number of fused-ring (bicyclic) bond motifs is 3. The normalized spacial score (nSPS) is 29.0. The highest BCUT2D eigenvalue weighted by molar-refractivity contribution is 7.53. The number of phosphoric acid groups is 1. The number of rotatable bonds is 25. The fraction of sp³-hybridized carbons (Fsp3) is 0.600. The van der Waals surface area contributed by atoms with Crippen LogP contribution in [0.5, 0.6) is 0 Å². The third-order valence-corrected chi connectivity index (χ3v) is 22.6. The Balaban J connectivity index is 0.000000150. The fourth-order valence-electron chi connectivity index (χ4n) is 13.5. The quantitative estimate of drug-likeness (QED) is 0.0246. The third-order valence-electron chi connectivity index (χ3n) is 19.0. The number of aliphatic hydroxyl groups excluding tert-OH is 5. The zero-order valence-corrected chi connectivity index (χ0v) is 64.3. The first-order chi connectivity index (χ1) is 54.7. The summed E-state index contributed by atoms with van der Waals surface area (Å²) in [7, 11) is -10.7. The van der Waals surface area contributed by atoms with Gasteiger partial charge in [-0.3, -0.25) is 60.0 Å². The van der Waals surface area contributed by atoms with Gasteiger partial charge in [-0.25, -0.2) is 63.8 Å². The number of hydrogen-bond acceptors (Lipinski definition) is 42. The summed E-state index contributed by atoms with van der Waals surface area (Å²) in [6.07, 6.45) is -6.98. The van der Waals surface area contributed by atoms with E-state index in [0.29, 0.717) is 40.8 Å². The van der Waals surface area contributed by atoms with Gasteiger partial charge in [0, 0.05) is 59.0 Å². The lowest BCUT2D eigenvalue weighted by Crippen LogP contribution is -2.30. The standard InChI is InChI=1S/C20H27N8O10P.2C20H27N8O9P/c1-9-24-17-16(18(30)25-9)22-7-27(17)14-3-10(34-2)13(37-14)6-35-39(32,33)38-11-4-15(36-12(11)5-29)28-8-23-19(21)26-20(28)31;1-9-24-17-16(18(31)25-9)22-7-27(17)15-4-11(12(5-29)35-15)37-38(2,33)34-6-13-10(30)3-14(36-13)28-8-23-19(21)26-20(28)32;1-9-24-17-16(18(31)25-9)22-7-27(17)14-3-10(30)13(36-14)6-34-38(2,33)37-11-4-15(35-12(11)5-29)28-8-23-19(21)26-20(28)32/h7-8,10-15,29H,3-6H2,1-2H3,(H,32,33)(H2,21,26,31)(H,24,25,30);2*7-8,10-15,29-30H,3-6H2,1-2H3,(H2,21,26,32)(H,24,25,31)/t10-,11-,12-,13-,14-,15-;2*10-,11-,12-,13-,14-,15-,38?/m111/s1. The highest BCUT2D eigenvalue weighted by Crippen LogP contribution is 2.52. The van der Waals surface area contributed by atoms with Crippen LogP contribution < -0.4 is 50.9 Å². The van der Waals surface area contributed by atoms with Gasteiger partial charge in [-0.05, 0) is 20.8 Å². The molecule has 0 aromatic carbocycles. The first-order valence-electron chi connectivity index (χ1n) is 35.2. The molecule has 0 amide bonds. The molecule has 6 fully saturated rings. The minimum atomic E-state index is -4.69. The monoisotopic (exact) mass is 1680 g/mol. The number of nitrogen functional groups attached to an aromatic ring is 3. The maximum atomic E-state index is 13.1. The van der Waals surface area contributed by atoms with E-state index in [2.05, 4.69) is 74.8 Å². The van der Waals surface area contributed by atoms with Gasteiger partial charge in [0.1, 0.15) is 117 Å². The molecule has 6 aliphatic heterocycles. The summed E-state index contributed by atoms with van der Waals surface area (Å²) in [5, 5.41) is 50.2. The lowest BCUT2D eigenvalue weighted by Gasteiger charge is -2.23. The maximum absolute atomic E-state index is 13.1. The molecule has 0 saturated carbocycles. The highest BCUT2D eigenvalue weighted by atomic mass is 31.2. The van der Waals surface area contributed by atoms with Gasteiger partial charge in [-0.2, -0.15) is 15.0 Å². The van der Waals surface area contributed by atoms with Crippen molar-refractivity contribution in [2.45, 2.75) is 170 Å². The van der Waals surface area contributed by atoms with E-state index in [-0.39, 0.29) is 97.4 Å². The number of imidazole rings is 3. The molecular formula is C60H81N24O28P3. The van der Waals surface area contributed by atoms with Gasteiger partial charge >= 0.3 is 40.1 Å². The van der Waals surface area contributed by atoms with Crippen molar-refractivity contribution in [3.8, 4) is 0 Å². The molecule has 0 aliphatic carbocycles. The summed E-state index contributed by atoms with van der Waals surface area (Å²) >= 11 is 0. The summed E-state index contributed by atoms with van der Waals surface area (Å²) in [6, 6.07) is 0. The summed E-state index contributed by atoms with van der Waals surface area (Å²) in [5.41, 5.74) is 14.3. The van der Waals surface area contributed by atoms with E-state index >= 15 is 0 Å². The van der Waals surface area contributed by atoms with Crippen molar-refractivity contribution in [3.63, 3.8) is 0 Å². The van der Waals surface area contributed by atoms with E-state index in [1.165, 1.54) is 52.1 Å². The highest BCUT2D eigenvalue weighted by Gasteiger charge is 2.47. The van der Waals surface area contributed by atoms with Crippen molar-refractivity contribution in [1.29, 1.82) is 0 Å². The molecule has 6 saturated heterocycles. The van der Waals surface area contributed by atoms with Crippen LogP contribution >= 0.6 is 23.0 Å². The molecule has 15 heterocycles. The van der Waals surface area contributed by atoms with Crippen LogP contribution in [0.15, 0.2) is 66.7 Å². The SMILES string of the molecule is CO[C@@H]1C[C@H](n2cnc3c(=O)[nH]c(C)nc32)O[C@@H]1COP(=O)(O)O[C@@H]1C[C@H](n2cnc(N)nc2=O)O[C@@H]1CO.Cc1nc2c(ncn2[C@H]2C[C@@H](O)[C@@H](COP(C)(=O)O[C@@H]3C[C@H](n4cnc(N)nc4=O)O[C@@H]3CO)O2)c(=O)[nH]1.Cc1nc2c(ncn2[C@H]2C[C@@H](OP(C)(=O)OC[C@H]3O[C@@H](n4cnc(N)nc4=O)C[C@H]3O)[C@@H](CO)O2)c(=O)[nH]1. The Kier molecular flexibility index (Phi) is 25.2. The molecule has 115 heavy (non-hydrogen) atoms. The number of H-pyrrole nitrogens is 3. The molecule has 52 nitrogen and oxygen atoms in total. The second kappa shape index (κ2) is 34.5. The summed E-state index contributed by atoms with van der Waals surface area (Å²) in [4.78, 5) is 138. The van der Waals surface area contributed by atoms with E-state index in [1.54, 1.807) is 34.5 Å². The molecule has 0 spiro atoms. The zero-order valence-electron chi connectivity index (χ0n) is 61.6. The molecule has 3 unspecified atom stereocenters. The minimum absolute atomic E-state index is 0.0516. The Labute approximate surface area is 643 Å². The Bertz CT molecular complexity index is 5550. The lowest BCUT2D eigenvalue weighted by atomic mass is 10.2. The average Bonchev–Trinajstić information content (AvgIpc) is 1.65. The Morgan fingerprint density at radius 3 is 1.04 bits per heavy atom. The maximum Gasteiger partial charge on any atom is 0.472 e. The molecule has 15 N–H and O–H groups in total. The number of methoxy groups -OCH3 is 1. The summed E-state index contributed by atoms with van der Waals surface area (Å²) in [6.45, 7) is 5.02. The van der Waals surface area contributed by atoms with Gasteiger partial charge in [0.25, 0.3) is 16.7 Å². The summed E-state index contributed by atoms with van der Waals surface area (Å²) < 4.78 is 120. The largest absolute Gasteiger partial charge is 0.472 e. The number of hydrogen-bond donors (Lipinski definition) is 12. The van der Waals surface area contributed by atoms with E-state index < -0.39 is 176 Å². The second-order valence-corrected chi connectivity index (χ2v) is 32.5. The zero-order chi connectivity index (χ0) is 82.3. The van der Waals surface area contributed by atoms with Crippen LogP contribution in [0.4, 0.5) is 17.8 Å². The predicted molar refractivity (Wildman–Crippen MR) is 385 cm³/mol. The molecular weight excluding hydrogens is 1600 g/mol. The first-order valence-corrected chi connectivity index (χ1v) is 40.7. The second-order valence-electron chi connectivity index (χ2n) is 27.1. The van der Waals surface area contributed by atoms with Gasteiger partial charge in [0.05, 0.1) is 89.1 Å². The van der Waals surface area contributed by atoms with Crippen molar-refractivity contribution >= 4 is 74.4 Å². The van der Waals surface area contributed by atoms with Crippen molar-refractivity contribution in [3.05, 3.63) is 118 Å². The number of aromatic nitrogens is 21. The van der Waals surface area contributed by atoms with Crippen molar-refractivity contribution < 1.29 is 104 Å². The third kappa shape index (κ3) is 18.9. The molecule has 21 atom stereocenters. The topological polar surface area (TPSA) is 705 Å². The lowest BCUT2D eigenvalue weighted by molar-refractivity contribution is -0.0605. The van der Waals surface area contributed by atoms with Crippen LogP contribution in [0.3, 0.4) is 0 Å². The number of nitrogens with one attached hydrogen (secondary N) is 3. The number of ether oxygens (including phenoxy) is 7. The molecule has 0 bridgehead atoms. The average molecular weight is 1680 g/mol. The van der Waals surface area contributed by atoms with Crippen LogP contribution in [0.2, 0.25) is 0 Å². The fourth-order valence-corrected chi connectivity index (χ4v) is 16.9. The van der Waals surface area contributed by atoms with Crippen molar-refractivity contribution in [2.75, 3.05) is 77.3 Å². The van der Waals surface area contributed by atoms with E-state index in [1.807, 2.05) is 0 Å². The number of phosphoric ester groups is 1. The van der Waals surface area contributed by atoms with Crippen LogP contribution in [-0.2, 0) is 74.0 Å². The number of nitrogens with zero attached hydrogens (tertiary/aromatic N) is 18. The number of nitrogens with two attached hydrogens (primary N) is 3. The van der Waals surface area contributed by atoms with Crippen molar-refractivity contribution in [1.82, 2.24) is 102 Å². The molecule has 6 aliphatic rings. The van der Waals surface area contributed by atoms with Gasteiger partial charge < -0.3 is 114 Å². The van der Waals surface area contributed by atoms with Crippen LogP contribution in [0.25, 0.3) is 33.5 Å². The number of aliphatic hydroxyl groups is 5. The van der Waals surface area contributed by atoms with Gasteiger partial charge in [0.15, 0.2) is 33.5 Å². The Hall–Kier alpha value is -9.19. The smallest absolute Gasteiger partial charge is 0.394 e. The predicted octanol–water partition coefficient (Wildman–Crippen LogP) is -3.62. The molecule has 9 aromatic heterocycles. The Morgan fingerprint density at radius 2 is 0.704 bits per heavy atom. The number of aryl methyl sites for hydroxylation is 3. The molecule has 624 valence electrons. The van der Waals surface area contributed by atoms with E-state index in [9.17, 15) is 72.9 Å². The minimum Gasteiger partial charge on any atom is -0.394 e. The van der Waals surface area contributed by atoms with Gasteiger partial charge in [0.2, 0.25) is 17.8 Å². The van der Waals surface area contributed by atoms with Crippen LogP contribution in [-0.4, -0.2) is 266 Å². The molecule has 55 heteroatoms. The number of aromatic amines is 3. The Morgan fingerprint density at radius 1 is 0.417 bits per heavy atom. The van der Waals surface area contributed by atoms with E-state index in [0.717, 1.165) is 20.0 Å². The first kappa shape index (κ1) is 83.7. The molecule has 0 radical (unpaired) electrons.